The Balaban J connectivity index is 1.71. The number of nitrogens with one attached hydrogen (secondary N) is 1. The summed E-state index contributed by atoms with van der Waals surface area (Å²) in [6, 6.07) is 25.4. The third-order valence-corrected chi connectivity index (χ3v) is 6.08. The number of benzene rings is 3. The van der Waals surface area contributed by atoms with Gasteiger partial charge in [-0.05, 0) is 47.7 Å². The maximum atomic E-state index is 13.6. The normalized spacial score (nSPS) is 18.1. The minimum Gasteiger partial charge on any atom is -0.350 e. The molecule has 1 aliphatic rings. The number of hydrogen-bond donors (Lipinski definition) is 1. The second-order valence-electron chi connectivity index (χ2n) is 8.66. The van der Waals surface area contributed by atoms with E-state index in [4.69, 9.17) is 0 Å². The van der Waals surface area contributed by atoms with Crippen LogP contribution in [-0.4, -0.2) is 17.4 Å². The SMILES string of the molecule is CC(C)c1ccc(N2C(=O)c3ccccc3C[C@@]2(C)C(=O)NCc2ccccc2)cc1. The summed E-state index contributed by atoms with van der Waals surface area (Å²) < 4.78 is 0. The molecule has 1 aliphatic heterocycles. The fraction of sp³-hybridized carbons (Fsp3) is 0.259. The quantitative estimate of drug-likeness (QED) is 0.635. The van der Waals surface area contributed by atoms with Crippen LogP contribution in [0.15, 0.2) is 78.9 Å². The Bertz CT molecular complexity index is 1090. The average Bonchev–Trinajstić information content (AvgIpc) is 2.78. The Morgan fingerprint density at radius 1 is 0.968 bits per heavy atom. The molecule has 4 heteroatoms. The summed E-state index contributed by atoms with van der Waals surface area (Å²) in [7, 11) is 0. The van der Waals surface area contributed by atoms with Crippen molar-refractivity contribution in [2.45, 2.75) is 45.2 Å². The molecule has 4 nitrogen and oxygen atoms in total. The Labute approximate surface area is 183 Å². The summed E-state index contributed by atoms with van der Waals surface area (Å²) >= 11 is 0. The highest BCUT2D eigenvalue weighted by molar-refractivity contribution is 6.14. The van der Waals surface area contributed by atoms with Crippen LogP contribution in [0.25, 0.3) is 0 Å². The minimum atomic E-state index is -1.03. The molecule has 0 aromatic heterocycles. The number of nitrogens with zero attached hydrogens (tertiary/aromatic N) is 1. The monoisotopic (exact) mass is 412 g/mol. The maximum absolute atomic E-state index is 13.6. The predicted octanol–water partition coefficient (Wildman–Crippen LogP) is 5.09. The van der Waals surface area contributed by atoms with Crippen molar-refractivity contribution in [1.29, 1.82) is 0 Å². The van der Waals surface area contributed by atoms with Crippen molar-refractivity contribution >= 4 is 17.5 Å². The molecule has 2 amide bonds. The van der Waals surface area contributed by atoms with Crippen molar-refractivity contribution in [3.8, 4) is 0 Å². The van der Waals surface area contributed by atoms with Gasteiger partial charge in [0.15, 0.2) is 0 Å². The summed E-state index contributed by atoms with van der Waals surface area (Å²) in [5.41, 5.74) is 3.49. The number of amides is 2. The van der Waals surface area contributed by atoms with E-state index in [0.29, 0.717) is 24.4 Å². The van der Waals surface area contributed by atoms with Crippen molar-refractivity contribution in [3.63, 3.8) is 0 Å². The maximum Gasteiger partial charge on any atom is 0.259 e. The van der Waals surface area contributed by atoms with E-state index < -0.39 is 5.54 Å². The number of fused-ring (bicyclic) bond motifs is 1. The Morgan fingerprint density at radius 3 is 2.29 bits per heavy atom. The lowest BCUT2D eigenvalue weighted by atomic mass is 9.82. The largest absolute Gasteiger partial charge is 0.350 e. The third kappa shape index (κ3) is 3.98. The van der Waals surface area contributed by atoms with Gasteiger partial charge in [-0.1, -0.05) is 74.5 Å². The van der Waals surface area contributed by atoms with Crippen molar-refractivity contribution in [2.24, 2.45) is 0 Å². The van der Waals surface area contributed by atoms with E-state index in [1.165, 1.54) is 5.56 Å². The molecule has 0 unspecified atom stereocenters. The van der Waals surface area contributed by atoms with Crippen LogP contribution >= 0.6 is 0 Å². The second-order valence-corrected chi connectivity index (χ2v) is 8.66. The lowest BCUT2D eigenvalue weighted by Crippen LogP contribution is -2.63. The first-order valence-electron chi connectivity index (χ1n) is 10.7. The molecule has 0 aliphatic carbocycles. The average molecular weight is 413 g/mol. The zero-order valence-electron chi connectivity index (χ0n) is 18.3. The first-order valence-corrected chi connectivity index (χ1v) is 10.7. The number of anilines is 1. The van der Waals surface area contributed by atoms with Crippen LogP contribution in [0.1, 0.15) is 53.7 Å². The van der Waals surface area contributed by atoms with Crippen LogP contribution in [-0.2, 0) is 17.8 Å². The third-order valence-electron chi connectivity index (χ3n) is 6.08. The van der Waals surface area contributed by atoms with Crippen LogP contribution in [0, 0.1) is 0 Å². The highest BCUT2D eigenvalue weighted by atomic mass is 16.2. The number of hydrogen-bond acceptors (Lipinski definition) is 2. The van der Waals surface area contributed by atoms with E-state index in [-0.39, 0.29) is 11.8 Å². The van der Waals surface area contributed by atoms with Gasteiger partial charge in [0.1, 0.15) is 5.54 Å². The van der Waals surface area contributed by atoms with Gasteiger partial charge in [0, 0.05) is 24.2 Å². The molecule has 1 heterocycles. The lowest BCUT2D eigenvalue weighted by molar-refractivity contribution is -0.126. The van der Waals surface area contributed by atoms with E-state index in [0.717, 1.165) is 16.8 Å². The first kappa shape index (κ1) is 20.9. The van der Waals surface area contributed by atoms with Crippen LogP contribution < -0.4 is 10.2 Å². The van der Waals surface area contributed by atoms with Crippen molar-refractivity contribution < 1.29 is 9.59 Å². The van der Waals surface area contributed by atoms with E-state index >= 15 is 0 Å². The van der Waals surface area contributed by atoms with Gasteiger partial charge in [-0.3, -0.25) is 14.5 Å². The summed E-state index contributed by atoms with van der Waals surface area (Å²) in [4.78, 5) is 28.7. The van der Waals surface area contributed by atoms with Gasteiger partial charge in [0.25, 0.3) is 5.91 Å². The smallest absolute Gasteiger partial charge is 0.259 e. The predicted molar refractivity (Wildman–Crippen MR) is 124 cm³/mol. The lowest BCUT2D eigenvalue weighted by Gasteiger charge is -2.44. The molecule has 1 N–H and O–H groups in total. The van der Waals surface area contributed by atoms with Gasteiger partial charge < -0.3 is 5.32 Å². The van der Waals surface area contributed by atoms with Gasteiger partial charge in [-0.15, -0.1) is 0 Å². The van der Waals surface area contributed by atoms with Crippen LogP contribution in [0.4, 0.5) is 5.69 Å². The van der Waals surface area contributed by atoms with E-state index in [9.17, 15) is 9.59 Å². The highest BCUT2D eigenvalue weighted by Gasteiger charge is 2.47. The molecule has 0 saturated carbocycles. The molecule has 0 saturated heterocycles. The zero-order valence-corrected chi connectivity index (χ0v) is 18.3. The minimum absolute atomic E-state index is 0.142. The molecule has 0 spiro atoms. The Morgan fingerprint density at radius 2 is 1.61 bits per heavy atom. The van der Waals surface area contributed by atoms with Gasteiger partial charge in [-0.2, -0.15) is 0 Å². The summed E-state index contributed by atoms with van der Waals surface area (Å²) in [5, 5.41) is 3.06. The molecule has 0 bridgehead atoms. The van der Waals surface area contributed by atoms with Crippen molar-refractivity contribution in [1.82, 2.24) is 5.32 Å². The fourth-order valence-electron chi connectivity index (χ4n) is 4.24. The molecule has 3 aromatic carbocycles. The number of carbonyl (C=O) groups is 2. The van der Waals surface area contributed by atoms with E-state index in [1.54, 1.807) is 4.90 Å². The molecule has 0 radical (unpaired) electrons. The molecular weight excluding hydrogens is 384 g/mol. The Kier molecular flexibility index (Phi) is 5.64. The molecule has 1 atom stereocenters. The van der Waals surface area contributed by atoms with E-state index in [1.807, 2.05) is 85.8 Å². The summed E-state index contributed by atoms with van der Waals surface area (Å²) in [6.45, 7) is 6.56. The van der Waals surface area contributed by atoms with Crippen LogP contribution in [0.3, 0.4) is 0 Å². The van der Waals surface area contributed by atoms with Crippen LogP contribution in [0.5, 0.6) is 0 Å². The zero-order chi connectivity index (χ0) is 22.0. The first-order chi connectivity index (χ1) is 14.9. The van der Waals surface area contributed by atoms with Crippen molar-refractivity contribution in [2.75, 3.05) is 4.90 Å². The molecule has 4 rings (SSSR count). The summed E-state index contributed by atoms with van der Waals surface area (Å²) in [5.74, 6) is 0.0936. The Hall–Kier alpha value is -3.40. The van der Waals surface area contributed by atoms with Gasteiger partial charge in [-0.25, -0.2) is 0 Å². The molecule has 31 heavy (non-hydrogen) atoms. The topological polar surface area (TPSA) is 49.4 Å². The molecule has 0 fully saturated rings. The second kappa shape index (κ2) is 8.38. The molecule has 158 valence electrons. The number of carbonyl (C=O) groups excluding carboxylic acids is 2. The van der Waals surface area contributed by atoms with E-state index in [2.05, 4.69) is 19.2 Å². The van der Waals surface area contributed by atoms with Gasteiger partial charge in [0.05, 0.1) is 0 Å². The fourth-order valence-corrected chi connectivity index (χ4v) is 4.24. The molecular formula is C27H28N2O2. The van der Waals surface area contributed by atoms with Gasteiger partial charge in [0.2, 0.25) is 5.91 Å². The van der Waals surface area contributed by atoms with Crippen LogP contribution in [0.2, 0.25) is 0 Å². The van der Waals surface area contributed by atoms with Gasteiger partial charge >= 0.3 is 0 Å². The highest BCUT2D eigenvalue weighted by Crippen LogP contribution is 2.36. The molecule has 3 aromatic rings. The van der Waals surface area contributed by atoms with Crippen molar-refractivity contribution in [3.05, 3.63) is 101 Å². The summed E-state index contributed by atoms with van der Waals surface area (Å²) in [6.07, 6.45) is 0.460. The number of rotatable bonds is 5. The standard InChI is InChI=1S/C27H28N2O2/c1-19(2)21-13-15-23(16-14-21)29-25(30)24-12-8-7-11-22(24)17-27(29,3)26(31)28-18-20-9-5-4-6-10-20/h4-16,19H,17-18H2,1-3H3,(H,28,31)/t27-/m0/s1.